The fourth-order valence-electron chi connectivity index (χ4n) is 3.68. The smallest absolute Gasteiger partial charge is 0.129 e. The van der Waals surface area contributed by atoms with Crippen LogP contribution in [0.25, 0.3) is 0 Å². The zero-order valence-electron chi connectivity index (χ0n) is 13.1. The van der Waals surface area contributed by atoms with E-state index < -0.39 is 23.3 Å². The summed E-state index contributed by atoms with van der Waals surface area (Å²) in [6.07, 6.45) is 3.15. The molecule has 118 valence electrons. The number of rotatable bonds is 4. The summed E-state index contributed by atoms with van der Waals surface area (Å²) in [7, 11) is 3.89. The van der Waals surface area contributed by atoms with Crippen LogP contribution in [0.5, 0.6) is 0 Å². The van der Waals surface area contributed by atoms with Gasteiger partial charge in [-0.25, -0.2) is 8.78 Å². The van der Waals surface area contributed by atoms with E-state index in [-0.39, 0.29) is 12.0 Å². The van der Waals surface area contributed by atoms with Crippen LogP contribution in [0.15, 0.2) is 18.2 Å². The van der Waals surface area contributed by atoms with Crippen molar-refractivity contribution in [2.75, 3.05) is 14.1 Å². The Bertz CT molecular complexity index is 471. The van der Waals surface area contributed by atoms with Crippen LogP contribution in [0.3, 0.4) is 0 Å². The van der Waals surface area contributed by atoms with E-state index in [2.05, 4.69) is 6.92 Å². The lowest BCUT2D eigenvalue weighted by molar-refractivity contribution is -0.0431. The largest absolute Gasteiger partial charge is 0.391 e. The molecule has 1 saturated carbocycles. The summed E-state index contributed by atoms with van der Waals surface area (Å²) in [5, 5.41) is 10.7. The third-order valence-electron chi connectivity index (χ3n) is 4.98. The van der Waals surface area contributed by atoms with Gasteiger partial charge in [0, 0.05) is 17.5 Å². The number of aliphatic hydroxyl groups is 1. The van der Waals surface area contributed by atoms with Crippen LogP contribution in [0, 0.1) is 17.6 Å². The van der Waals surface area contributed by atoms with E-state index in [1.807, 2.05) is 19.0 Å². The van der Waals surface area contributed by atoms with Gasteiger partial charge in [-0.1, -0.05) is 25.8 Å². The van der Waals surface area contributed by atoms with Crippen LogP contribution in [-0.2, 0) is 6.42 Å². The molecule has 0 amide bonds. The van der Waals surface area contributed by atoms with Crippen molar-refractivity contribution in [3.63, 3.8) is 0 Å². The van der Waals surface area contributed by atoms with E-state index in [1.54, 1.807) is 0 Å². The maximum atomic E-state index is 13.8. The highest BCUT2D eigenvalue weighted by molar-refractivity contribution is 5.21. The van der Waals surface area contributed by atoms with Gasteiger partial charge in [-0.2, -0.15) is 0 Å². The molecule has 4 heteroatoms. The minimum absolute atomic E-state index is 0.00977. The average Bonchev–Trinajstić information content (AvgIpc) is 2.42. The van der Waals surface area contributed by atoms with Crippen molar-refractivity contribution in [1.82, 2.24) is 4.90 Å². The Hall–Kier alpha value is -1.00. The topological polar surface area (TPSA) is 23.5 Å². The van der Waals surface area contributed by atoms with Gasteiger partial charge in [0.25, 0.3) is 0 Å². The molecule has 2 nitrogen and oxygen atoms in total. The van der Waals surface area contributed by atoms with Crippen molar-refractivity contribution in [2.45, 2.75) is 50.7 Å². The second kappa shape index (κ2) is 6.41. The van der Waals surface area contributed by atoms with Crippen LogP contribution >= 0.6 is 0 Å². The lowest BCUT2D eigenvalue weighted by atomic mass is 9.71. The SMILES string of the molecule is CC1CCCC(C(O)Cc2c(F)cccc2F)(N(C)C)C1. The van der Waals surface area contributed by atoms with Crippen molar-refractivity contribution < 1.29 is 13.9 Å². The summed E-state index contributed by atoms with van der Waals surface area (Å²) >= 11 is 0. The normalized spacial score (nSPS) is 27.9. The first-order chi connectivity index (χ1) is 9.86. The number of aliphatic hydroxyl groups excluding tert-OH is 1. The predicted octanol–water partition coefficient (Wildman–Crippen LogP) is 3.38. The molecule has 1 aliphatic carbocycles. The van der Waals surface area contributed by atoms with Crippen molar-refractivity contribution >= 4 is 0 Å². The molecule has 3 unspecified atom stereocenters. The van der Waals surface area contributed by atoms with Crippen LogP contribution in [0.2, 0.25) is 0 Å². The predicted molar refractivity (Wildman–Crippen MR) is 80.1 cm³/mol. The number of hydrogen-bond donors (Lipinski definition) is 1. The van der Waals surface area contributed by atoms with E-state index >= 15 is 0 Å². The highest BCUT2D eigenvalue weighted by Gasteiger charge is 2.43. The van der Waals surface area contributed by atoms with Gasteiger partial charge in [-0.05, 0) is 45.0 Å². The van der Waals surface area contributed by atoms with Gasteiger partial charge in [0.15, 0.2) is 0 Å². The molecular formula is C17H25F2NO. The molecule has 0 heterocycles. The van der Waals surface area contributed by atoms with Gasteiger partial charge in [0.05, 0.1) is 6.10 Å². The highest BCUT2D eigenvalue weighted by Crippen LogP contribution is 2.39. The lowest BCUT2D eigenvalue weighted by Gasteiger charge is -2.48. The second-order valence-electron chi connectivity index (χ2n) is 6.62. The van der Waals surface area contributed by atoms with Crippen LogP contribution in [0.1, 0.15) is 38.2 Å². The van der Waals surface area contributed by atoms with E-state index in [4.69, 9.17) is 0 Å². The van der Waals surface area contributed by atoms with Crippen LogP contribution < -0.4 is 0 Å². The number of hydrogen-bond acceptors (Lipinski definition) is 2. The van der Waals surface area contributed by atoms with Gasteiger partial charge in [0.2, 0.25) is 0 Å². The van der Waals surface area contributed by atoms with Crippen molar-refractivity contribution in [1.29, 1.82) is 0 Å². The first-order valence-electron chi connectivity index (χ1n) is 7.65. The third-order valence-corrected chi connectivity index (χ3v) is 4.98. The second-order valence-corrected chi connectivity index (χ2v) is 6.62. The van der Waals surface area contributed by atoms with Gasteiger partial charge >= 0.3 is 0 Å². The molecule has 3 atom stereocenters. The van der Waals surface area contributed by atoms with E-state index in [0.717, 1.165) is 25.7 Å². The molecule has 0 aliphatic heterocycles. The van der Waals surface area contributed by atoms with Gasteiger partial charge in [-0.15, -0.1) is 0 Å². The van der Waals surface area contributed by atoms with Crippen molar-refractivity contribution in [3.05, 3.63) is 35.4 Å². The van der Waals surface area contributed by atoms with Crippen molar-refractivity contribution in [3.8, 4) is 0 Å². The quantitative estimate of drug-likeness (QED) is 0.921. The fraction of sp³-hybridized carbons (Fsp3) is 0.647. The minimum Gasteiger partial charge on any atom is -0.391 e. The first kappa shape index (κ1) is 16.4. The molecule has 0 radical (unpaired) electrons. The number of benzene rings is 1. The maximum Gasteiger partial charge on any atom is 0.129 e. The van der Waals surface area contributed by atoms with Gasteiger partial charge in [-0.3, -0.25) is 0 Å². The summed E-state index contributed by atoms with van der Waals surface area (Å²) in [4.78, 5) is 2.03. The molecule has 1 aromatic carbocycles. The Morgan fingerprint density at radius 1 is 1.33 bits per heavy atom. The molecular weight excluding hydrogens is 272 g/mol. The van der Waals surface area contributed by atoms with E-state index in [9.17, 15) is 13.9 Å². The van der Waals surface area contributed by atoms with E-state index in [0.29, 0.717) is 5.92 Å². The Kier molecular flexibility index (Phi) is 4.99. The number of nitrogens with zero attached hydrogens (tertiary/aromatic N) is 1. The number of halogens is 2. The highest BCUT2D eigenvalue weighted by atomic mass is 19.1. The molecule has 0 saturated heterocycles. The Morgan fingerprint density at radius 2 is 1.95 bits per heavy atom. The third kappa shape index (κ3) is 3.27. The zero-order valence-corrected chi connectivity index (χ0v) is 13.1. The summed E-state index contributed by atoms with van der Waals surface area (Å²) in [6.45, 7) is 2.17. The Labute approximate surface area is 125 Å². The number of likely N-dealkylation sites (N-methyl/N-ethyl adjacent to an activating group) is 1. The molecule has 2 rings (SSSR count). The molecule has 21 heavy (non-hydrogen) atoms. The summed E-state index contributed by atoms with van der Waals surface area (Å²) in [5.41, 5.74) is -0.406. The van der Waals surface area contributed by atoms with Crippen molar-refractivity contribution in [2.24, 2.45) is 5.92 Å². The monoisotopic (exact) mass is 297 g/mol. The maximum absolute atomic E-state index is 13.8. The molecule has 0 aromatic heterocycles. The van der Waals surface area contributed by atoms with Gasteiger partial charge < -0.3 is 10.0 Å². The minimum atomic E-state index is -0.776. The standard InChI is InChI=1S/C17H25F2NO/c1-12-6-5-9-17(11-12,20(2)3)16(21)10-13-14(18)7-4-8-15(13)19/h4,7-8,12,16,21H,5-6,9-11H2,1-3H3. The molecule has 1 aliphatic rings. The summed E-state index contributed by atoms with van der Waals surface area (Å²) in [5.74, 6) is -0.639. The molecule has 1 aromatic rings. The van der Waals surface area contributed by atoms with Gasteiger partial charge in [0.1, 0.15) is 11.6 Å². The average molecular weight is 297 g/mol. The zero-order chi connectivity index (χ0) is 15.6. The summed E-state index contributed by atoms with van der Waals surface area (Å²) in [6, 6.07) is 3.85. The van der Waals surface area contributed by atoms with Crippen LogP contribution in [-0.4, -0.2) is 35.7 Å². The first-order valence-corrected chi connectivity index (χ1v) is 7.65. The molecule has 1 fully saturated rings. The summed E-state index contributed by atoms with van der Waals surface area (Å²) < 4.78 is 27.6. The molecule has 0 spiro atoms. The molecule has 1 N–H and O–H groups in total. The van der Waals surface area contributed by atoms with E-state index in [1.165, 1.54) is 18.2 Å². The lowest BCUT2D eigenvalue weighted by Crippen LogP contribution is -2.56. The molecule has 0 bridgehead atoms. The fourth-order valence-corrected chi connectivity index (χ4v) is 3.68. The van der Waals surface area contributed by atoms with Crippen LogP contribution in [0.4, 0.5) is 8.78 Å². The Balaban J connectivity index is 2.25. The Morgan fingerprint density at radius 3 is 2.48 bits per heavy atom.